The number of nitrogens with one attached hydrogen (secondary N) is 2. The summed E-state index contributed by atoms with van der Waals surface area (Å²) < 4.78 is 0. The second-order valence-electron chi connectivity index (χ2n) is 2.92. The van der Waals surface area contributed by atoms with Crippen LogP contribution in [0, 0.1) is 0 Å². The zero-order valence-corrected chi connectivity index (χ0v) is 8.45. The van der Waals surface area contributed by atoms with Crippen molar-refractivity contribution in [2.75, 3.05) is 0 Å². The van der Waals surface area contributed by atoms with Crippen molar-refractivity contribution in [3.63, 3.8) is 0 Å². The molecule has 80 valence electrons. The number of rotatable bonds is 1. The molecule has 0 spiro atoms. The van der Waals surface area contributed by atoms with E-state index in [4.69, 9.17) is 17.1 Å². The zero-order valence-electron chi connectivity index (χ0n) is 7.69. The Morgan fingerprint density at radius 1 is 1.25 bits per heavy atom. The molecule has 2 rings (SSSR count). The van der Waals surface area contributed by atoms with E-state index in [1.807, 2.05) is 0 Å². The van der Waals surface area contributed by atoms with Crippen LogP contribution >= 0.6 is 11.6 Å². The summed E-state index contributed by atoms with van der Waals surface area (Å²) in [5.41, 5.74) is 7.38. The van der Waals surface area contributed by atoms with Crippen molar-refractivity contribution < 1.29 is 0 Å². The lowest BCUT2D eigenvalue weighted by Gasteiger charge is -2.02. The average Bonchev–Trinajstić information content (AvgIpc) is 2.25. The SMILES string of the molecule is [N-]=[N+]=Nc1c(Cl)ccc2[nH]c(=O)c(=O)[nH]c12. The highest BCUT2D eigenvalue weighted by atomic mass is 35.5. The van der Waals surface area contributed by atoms with E-state index in [0.717, 1.165) is 0 Å². The Kier molecular flexibility index (Phi) is 2.40. The van der Waals surface area contributed by atoms with Crippen LogP contribution in [0.15, 0.2) is 26.8 Å². The fraction of sp³-hybridized carbons (Fsp3) is 0. The first-order valence-corrected chi connectivity index (χ1v) is 4.51. The average molecular weight is 238 g/mol. The molecule has 16 heavy (non-hydrogen) atoms. The van der Waals surface area contributed by atoms with Crippen molar-refractivity contribution >= 4 is 28.3 Å². The highest BCUT2D eigenvalue weighted by molar-refractivity contribution is 6.34. The van der Waals surface area contributed by atoms with Crippen LogP contribution < -0.4 is 11.1 Å². The molecule has 0 aliphatic carbocycles. The van der Waals surface area contributed by atoms with Gasteiger partial charge in [-0.25, -0.2) is 0 Å². The molecule has 2 aromatic rings. The van der Waals surface area contributed by atoms with Crippen LogP contribution in [-0.4, -0.2) is 9.97 Å². The predicted molar refractivity (Wildman–Crippen MR) is 59.0 cm³/mol. The highest BCUT2D eigenvalue weighted by Crippen LogP contribution is 2.30. The summed E-state index contributed by atoms with van der Waals surface area (Å²) in [5.74, 6) is 0. The summed E-state index contributed by atoms with van der Waals surface area (Å²) in [6, 6.07) is 2.97. The minimum atomic E-state index is -0.829. The molecule has 8 heteroatoms. The van der Waals surface area contributed by atoms with E-state index in [-0.39, 0.29) is 16.2 Å². The van der Waals surface area contributed by atoms with Crippen molar-refractivity contribution in [1.29, 1.82) is 0 Å². The first kappa shape index (κ1) is 10.3. The fourth-order valence-corrected chi connectivity index (χ4v) is 1.48. The van der Waals surface area contributed by atoms with Gasteiger partial charge in [-0.1, -0.05) is 16.7 Å². The van der Waals surface area contributed by atoms with E-state index in [1.54, 1.807) is 0 Å². The molecular formula is C8H4ClN5O2. The van der Waals surface area contributed by atoms with Crippen molar-refractivity contribution in [1.82, 2.24) is 9.97 Å². The Morgan fingerprint density at radius 3 is 2.62 bits per heavy atom. The Labute approximate surface area is 92.3 Å². The van der Waals surface area contributed by atoms with E-state index in [2.05, 4.69) is 20.0 Å². The van der Waals surface area contributed by atoms with Gasteiger partial charge in [0.1, 0.15) is 0 Å². The third-order valence-corrected chi connectivity index (χ3v) is 2.27. The molecular weight excluding hydrogens is 234 g/mol. The zero-order chi connectivity index (χ0) is 11.7. The van der Waals surface area contributed by atoms with Crippen molar-refractivity contribution in [3.05, 3.63) is 48.3 Å². The number of aromatic nitrogens is 2. The van der Waals surface area contributed by atoms with Crippen molar-refractivity contribution in [2.24, 2.45) is 5.11 Å². The predicted octanol–water partition coefficient (Wildman–Crippen LogP) is 1.81. The number of nitrogens with zero attached hydrogens (tertiary/aromatic N) is 3. The summed E-state index contributed by atoms with van der Waals surface area (Å²) in [4.78, 5) is 29.4. The molecule has 0 aliphatic heterocycles. The van der Waals surface area contributed by atoms with E-state index in [1.165, 1.54) is 12.1 Å². The van der Waals surface area contributed by atoms with Gasteiger partial charge in [0.2, 0.25) is 0 Å². The van der Waals surface area contributed by atoms with Gasteiger partial charge in [0.25, 0.3) is 0 Å². The first-order chi connectivity index (χ1) is 7.63. The second-order valence-corrected chi connectivity index (χ2v) is 3.32. The summed E-state index contributed by atoms with van der Waals surface area (Å²) in [6.45, 7) is 0. The fourth-order valence-electron chi connectivity index (χ4n) is 1.29. The Hall–Kier alpha value is -2.24. The first-order valence-electron chi connectivity index (χ1n) is 4.13. The van der Waals surface area contributed by atoms with Gasteiger partial charge >= 0.3 is 11.1 Å². The number of H-pyrrole nitrogens is 2. The van der Waals surface area contributed by atoms with Gasteiger partial charge in [-0.2, -0.15) is 0 Å². The molecule has 0 fully saturated rings. The number of benzene rings is 1. The van der Waals surface area contributed by atoms with E-state index >= 15 is 0 Å². The van der Waals surface area contributed by atoms with Gasteiger partial charge < -0.3 is 9.97 Å². The van der Waals surface area contributed by atoms with Crippen LogP contribution in [0.2, 0.25) is 5.02 Å². The number of hydrogen-bond donors (Lipinski definition) is 2. The third kappa shape index (κ3) is 1.54. The normalized spacial score (nSPS) is 10.1. The van der Waals surface area contributed by atoms with Crippen LogP contribution in [0.3, 0.4) is 0 Å². The second kappa shape index (κ2) is 3.73. The number of aromatic amines is 2. The molecule has 1 heterocycles. The largest absolute Gasteiger partial charge is 0.316 e. The topological polar surface area (TPSA) is 114 Å². The molecule has 0 unspecified atom stereocenters. The summed E-state index contributed by atoms with van der Waals surface area (Å²) >= 11 is 5.80. The summed E-state index contributed by atoms with van der Waals surface area (Å²) in [7, 11) is 0. The van der Waals surface area contributed by atoms with Gasteiger partial charge in [0.05, 0.1) is 21.7 Å². The maximum Gasteiger partial charge on any atom is 0.314 e. The monoisotopic (exact) mass is 237 g/mol. The van der Waals surface area contributed by atoms with Crippen LogP contribution in [0.5, 0.6) is 0 Å². The maximum absolute atomic E-state index is 11.1. The molecule has 2 N–H and O–H groups in total. The molecule has 0 bridgehead atoms. The molecule has 1 aromatic carbocycles. The number of halogens is 1. The maximum atomic E-state index is 11.1. The van der Waals surface area contributed by atoms with Crippen LogP contribution in [0.25, 0.3) is 21.5 Å². The lowest BCUT2D eigenvalue weighted by Crippen LogP contribution is -2.28. The van der Waals surface area contributed by atoms with E-state index < -0.39 is 11.1 Å². The number of hydrogen-bond acceptors (Lipinski definition) is 3. The third-order valence-electron chi connectivity index (χ3n) is 1.97. The standard InChI is InChI=1S/C8H4ClN5O2/c9-3-1-2-4-6(5(3)13-14-10)12-8(16)7(15)11-4/h1-2H,(H,11,15)(H,12,16). The molecule has 0 radical (unpaired) electrons. The molecule has 0 amide bonds. The Morgan fingerprint density at radius 2 is 1.94 bits per heavy atom. The molecule has 0 saturated heterocycles. The van der Waals surface area contributed by atoms with E-state index in [0.29, 0.717) is 5.52 Å². The Bertz CT molecular complexity index is 725. The minimum absolute atomic E-state index is 0.0787. The molecule has 7 nitrogen and oxygen atoms in total. The molecule has 0 saturated carbocycles. The summed E-state index contributed by atoms with van der Waals surface area (Å²) in [6.07, 6.45) is 0. The van der Waals surface area contributed by atoms with Gasteiger partial charge in [0.15, 0.2) is 0 Å². The number of fused-ring (bicyclic) bond motifs is 1. The quantitative estimate of drug-likeness (QED) is 0.341. The van der Waals surface area contributed by atoms with Crippen molar-refractivity contribution in [3.8, 4) is 0 Å². The minimum Gasteiger partial charge on any atom is -0.316 e. The van der Waals surface area contributed by atoms with Gasteiger partial charge in [-0.05, 0) is 17.7 Å². The molecule has 0 aliphatic rings. The number of azide groups is 1. The lowest BCUT2D eigenvalue weighted by molar-refractivity contribution is 1.14. The van der Waals surface area contributed by atoms with Gasteiger partial charge in [-0.3, -0.25) is 9.59 Å². The van der Waals surface area contributed by atoms with Gasteiger partial charge in [-0.15, -0.1) is 0 Å². The highest BCUT2D eigenvalue weighted by Gasteiger charge is 2.07. The smallest absolute Gasteiger partial charge is 0.314 e. The molecule has 0 atom stereocenters. The van der Waals surface area contributed by atoms with Crippen molar-refractivity contribution in [2.45, 2.75) is 0 Å². The van der Waals surface area contributed by atoms with Crippen LogP contribution in [-0.2, 0) is 0 Å². The summed E-state index contributed by atoms with van der Waals surface area (Å²) in [5, 5.41) is 3.55. The van der Waals surface area contributed by atoms with Crippen LogP contribution in [0.1, 0.15) is 0 Å². The Balaban J connectivity index is 3.03. The molecule has 1 aromatic heterocycles. The van der Waals surface area contributed by atoms with E-state index in [9.17, 15) is 9.59 Å². The lowest BCUT2D eigenvalue weighted by atomic mass is 10.2. The van der Waals surface area contributed by atoms with Gasteiger partial charge in [0, 0.05) is 4.91 Å². The van der Waals surface area contributed by atoms with Crippen LogP contribution in [0.4, 0.5) is 5.69 Å².